The molecule has 0 atom stereocenters. The van der Waals surface area contributed by atoms with Gasteiger partial charge in [-0.25, -0.2) is 4.99 Å². The highest BCUT2D eigenvalue weighted by molar-refractivity contribution is 14.0. The summed E-state index contributed by atoms with van der Waals surface area (Å²) >= 11 is 0. The fraction of sp³-hybridized carbons (Fsp3) is 0.562. The van der Waals surface area contributed by atoms with Crippen molar-refractivity contribution >= 4 is 29.9 Å². The summed E-state index contributed by atoms with van der Waals surface area (Å²) < 4.78 is 10.7. The highest BCUT2D eigenvalue weighted by atomic mass is 127. The van der Waals surface area contributed by atoms with E-state index in [1.54, 1.807) is 7.11 Å². The minimum atomic E-state index is 0. The SMILES string of the molecule is CCNC(=NCc1cccc(OCCCOC)c1)NCC.I. The van der Waals surface area contributed by atoms with Crippen molar-refractivity contribution in [3.05, 3.63) is 29.8 Å². The first-order valence-electron chi connectivity index (χ1n) is 7.53. The smallest absolute Gasteiger partial charge is 0.191 e. The molecule has 0 bridgehead atoms. The highest BCUT2D eigenvalue weighted by Crippen LogP contribution is 2.14. The summed E-state index contributed by atoms with van der Waals surface area (Å²) in [5, 5.41) is 6.42. The van der Waals surface area contributed by atoms with Gasteiger partial charge in [0.15, 0.2) is 5.96 Å². The highest BCUT2D eigenvalue weighted by Gasteiger charge is 1.99. The van der Waals surface area contributed by atoms with Gasteiger partial charge in [0.05, 0.1) is 13.2 Å². The first-order valence-corrected chi connectivity index (χ1v) is 7.53. The van der Waals surface area contributed by atoms with Gasteiger partial charge in [-0.2, -0.15) is 0 Å². The molecule has 6 heteroatoms. The van der Waals surface area contributed by atoms with E-state index >= 15 is 0 Å². The second kappa shape index (κ2) is 13.6. The summed E-state index contributed by atoms with van der Waals surface area (Å²) in [4.78, 5) is 4.54. The Morgan fingerprint density at radius 1 is 1.14 bits per heavy atom. The fourth-order valence-electron chi connectivity index (χ4n) is 1.81. The number of nitrogens with zero attached hydrogens (tertiary/aromatic N) is 1. The molecule has 5 nitrogen and oxygen atoms in total. The molecule has 0 aromatic heterocycles. The van der Waals surface area contributed by atoms with Gasteiger partial charge in [-0.05, 0) is 31.5 Å². The number of benzene rings is 1. The Morgan fingerprint density at radius 3 is 2.50 bits per heavy atom. The van der Waals surface area contributed by atoms with Crippen LogP contribution in [0.4, 0.5) is 0 Å². The number of hydrogen-bond acceptors (Lipinski definition) is 3. The summed E-state index contributed by atoms with van der Waals surface area (Å²) in [5.74, 6) is 1.72. The largest absolute Gasteiger partial charge is 0.493 e. The van der Waals surface area contributed by atoms with Gasteiger partial charge < -0.3 is 20.1 Å². The number of halogens is 1. The van der Waals surface area contributed by atoms with Crippen LogP contribution in [0.1, 0.15) is 25.8 Å². The molecule has 0 amide bonds. The summed E-state index contributed by atoms with van der Waals surface area (Å²) in [6.07, 6.45) is 0.893. The molecule has 0 aliphatic heterocycles. The molecule has 1 rings (SSSR count). The molecular formula is C16H28IN3O2. The minimum Gasteiger partial charge on any atom is -0.493 e. The van der Waals surface area contributed by atoms with Gasteiger partial charge in [0.1, 0.15) is 5.75 Å². The summed E-state index contributed by atoms with van der Waals surface area (Å²) in [7, 11) is 1.70. The van der Waals surface area contributed by atoms with E-state index in [0.29, 0.717) is 13.2 Å². The topological polar surface area (TPSA) is 54.9 Å². The lowest BCUT2D eigenvalue weighted by Crippen LogP contribution is -2.36. The maximum Gasteiger partial charge on any atom is 0.191 e. The molecule has 22 heavy (non-hydrogen) atoms. The fourth-order valence-corrected chi connectivity index (χ4v) is 1.81. The molecule has 1 aromatic rings. The maximum atomic E-state index is 5.69. The summed E-state index contributed by atoms with van der Waals surface area (Å²) in [6, 6.07) is 8.05. The Hall–Kier alpha value is -1.02. The lowest BCUT2D eigenvalue weighted by Gasteiger charge is -2.10. The predicted molar refractivity (Wildman–Crippen MR) is 102 cm³/mol. The number of ether oxygens (including phenoxy) is 2. The number of methoxy groups -OCH3 is 1. The Kier molecular flexibility index (Phi) is 13.0. The number of aliphatic imine (C=N–C) groups is 1. The van der Waals surface area contributed by atoms with E-state index in [9.17, 15) is 0 Å². The van der Waals surface area contributed by atoms with Gasteiger partial charge in [-0.15, -0.1) is 24.0 Å². The lowest BCUT2D eigenvalue weighted by molar-refractivity contribution is 0.172. The van der Waals surface area contributed by atoms with Crippen LogP contribution in [-0.2, 0) is 11.3 Å². The van der Waals surface area contributed by atoms with Crippen LogP contribution in [0.5, 0.6) is 5.75 Å². The number of nitrogens with one attached hydrogen (secondary N) is 2. The Morgan fingerprint density at radius 2 is 1.86 bits per heavy atom. The van der Waals surface area contributed by atoms with Crippen molar-refractivity contribution in [3.63, 3.8) is 0 Å². The molecule has 0 aliphatic carbocycles. The van der Waals surface area contributed by atoms with Crippen LogP contribution in [0.2, 0.25) is 0 Å². The third kappa shape index (κ3) is 9.09. The maximum absolute atomic E-state index is 5.69. The van der Waals surface area contributed by atoms with E-state index in [1.165, 1.54) is 0 Å². The number of rotatable bonds is 9. The normalized spacial score (nSPS) is 9.59. The summed E-state index contributed by atoms with van der Waals surface area (Å²) in [5.41, 5.74) is 1.13. The van der Waals surface area contributed by atoms with Gasteiger partial charge >= 0.3 is 0 Å². The molecule has 0 spiro atoms. The van der Waals surface area contributed by atoms with Crippen LogP contribution in [0.25, 0.3) is 0 Å². The second-order valence-corrected chi connectivity index (χ2v) is 4.57. The number of guanidine groups is 1. The van der Waals surface area contributed by atoms with Crippen molar-refractivity contribution in [3.8, 4) is 5.75 Å². The molecule has 0 saturated heterocycles. The van der Waals surface area contributed by atoms with Crippen molar-refractivity contribution in [2.45, 2.75) is 26.8 Å². The van der Waals surface area contributed by atoms with Gasteiger partial charge in [0.25, 0.3) is 0 Å². The zero-order valence-corrected chi connectivity index (χ0v) is 16.1. The van der Waals surface area contributed by atoms with E-state index in [2.05, 4.69) is 35.5 Å². The molecule has 0 aliphatic rings. The molecule has 126 valence electrons. The quantitative estimate of drug-likeness (QED) is 0.279. The van der Waals surface area contributed by atoms with Crippen LogP contribution in [0.15, 0.2) is 29.3 Å². The standard InChI is InChI=1S/C16H27N3O2.HI/c1-4-17-16(18-5-2)19-13-14-8-6-9-15(12-14)21-11-7-10-20-3;/h6,8-9,12H,4-5,7,10-11,13H2,1-3H3,(H2,17,18,19);1H. The molecule has 2 N–H and O–H groups in total. The van der Waals surface area contributed by atoms with Crippen molar-refractivity contribution in [1.29, 1.82) is 0 Å². The molecule has 0 unspecified atom stereocenters. The molecular weight excluding hydrogens is 393 g/mol. The van der Waals surface area contributed by atoms with Gasteiger partial charge in [0, 0.05) is 33.2 Å². The van der Waals surface area contributed by atoms with Crippen molar-refractivity contribution < 1.29 is 9.47 Å². The lowest BCUT2D eigenvalue weighted by atomic mass is 10.2. The second-order valence-electron chi connectivity index (χ2n) is 4.57. The Labute approximate surface area is 150 Å². The minimum absolute atomic E-state index is 0. The van der Waals surface area contributed by atoms with Crippen LogP contribution >= 0.6 is 24.0 Å². The average molecular weight is 421 g/mol. The van der Waals surface area contributed by atoms with Gasteiger partial charge in [-0.1, -0.05) is 12.1 Å². The van der Waals surface area contributed by atoms with E-state index < -0.39 is 0 Å². The average Bonchev–Trinajstić information content (AvgIpc) is 2.50. The molecule has 0 radical (unpaired) electrons. The molecule has 0 fully saturated rings. The Bertz CT molecular complexity index is 420. The van der Waals surface area contributed by atoms with Gasteiger partial charge in [-0.3, -0.25) is 0 Å². The van der Waals surface area contributed by atoms with Crippen molar-refractivity contribution in [1.82, 2.24) is 10.6 Å². The van der Waals surface area contributed by atoms with E-state index in [4.69, 9.17) is 9.47 Å². The molecule has 0 saturated carbocycles. The first kappa shape index (κ1) is 21.0. The molecule has 1 aromatic carbocycles. The van der Waals surface area contributed by atoms with E-state index in [1.807, 2.05) is 18.2 Å². The zero-order chi connectivity index (χ0) is 15.3. The molecule has 0 heterocycles. The summed E-state index contributed by atoms with van der Waals surface area (Å²) in [6.45, 7) is 7.84. The van der Waals surface area contributed by atoms with Gasteiger partial charge in [0.2, 0.25) is 0 Å². The van der Waals surface area contributed by atoms with E-state index in [0.717, 1.165) is 43.4 Å². The van der Waals surface area contributed by atoms with Crippen LogP contribution < -0.4 is 15.4 Å². The predicted octanol–water partition coefficient (Wildman–Crippen LogP) is 2.79. The number of hydrogen-bond donors (Lipinski definition) is 2. The van der Waals surface area contributed by atoms with Crippen LogP contribution in [0, 0.1) is 0 Å². The Balaban J connectivity index is 0.00000441. The van der Waals surface area contributed by atoms with Crippen molar-refractivity contribution in [2.24, 2.45) is 4.99 Å². The first-order chi connectivity index (χ1) is 10.3. The monoisotopic (exact) mass is 421 g/mol. The van der Waals surface area contributed by atoms with E-state index in [-0.39, 0.29) is 24.0 Å². The van der Waals surface area contributed by atoms with Crippen molar-refractivity contribution in [2.75, 3.05) is 33.4 Å². The zero-order valence-electron chi connectivity index (χ0n) is 13.7. The third-order valence-electron chi connectivity index (χ3n) is 2.77. The van der Waals surface area contributed by atoms with Crippen LogP contribution in [0.3, 0.4) is 0 Å². The third-order valence-corrected chi connectivity index (χ3v) is 2.77. The van der Waals surface area contributed by atoms with Crippen LogP contribution in [-0.4, -0.2) is 39.4 Å².